The lowest BCUT2D eigenvalue weighted by Gasteiger charge is -2.22. The van der Waals surface area contributed by atoms with E-state index < -0.39 is 0 Å². The summed E-state index contributed by atoms with van der Waals surface area (Å²) >= 11 is 0. The first-order valence-corrected chi connectivity index (χ1v) is 7.41. The van der Waals surface area contributed by atoms with Crippen LogP contribution in [0.25, 0.3) is 0 Å². The quantitative estimate of drug-likeness (QED) is 0.772. The van der Waals surface area contributed by atoms with E-state index in [1.165, 1.54) is 0 Å². The summed E-state index contributed by atoms with van der Waals surface area (Å²) in [5.74, 6) is 0.482. The van der Waals surface area contributed by atoms with Gasteiger partial charge in [-0.1, -0.05) is 35.4 Å². The first kappa shape index (κ1) is 14.0. The molecule has 4 N–H and O–H groups in total. The molecular weight excluding hydrogens is 266 g/mol. The molecule has 6 heteroatoms. The predicted molar refractivity (Wildman–Crippen MR) is 80.9 cm³/mol. The van der Waals surface area contributed by atoms with E-state index in [1.807, 2.05) is 30.3 Å². The predicted octanol–water partition coefficient (Wildman–Crippen LogP) is 1.48. The molecule has 6 nitrogen and oxygen atoms in total. The Bertz CT molecular complexity index is 550. The van der Waals surface area contributed by atoms with E-state index in [1.54, 1.807) is 0 Å². The normalized spacial score (nSPS) is 17.6. The minimum atomic E-state index is -0.275. The molecule has 1 aliphatic rings. The van der Waals surface area contributed by atoms with Crippen molar-refractivity contribution in [3.63, 3.8) is 0 Å². The van der Waals surface area contributed by atoms with Gasteiger partial charge in [0, 0.05) is 6.04 Å². The zero-order valence-electron chi connectivity index (χ0n) is 12.0. The number of anilines is 1. The van der Waals surface area contributed by atoms with Gasteiger partial charge in [0.2, 0.25) is 5.89 Å². The first-order chi connectivity index (χ1) is 10.3. The average molecular weight is 287 g/mol. The lowest BCUT2D eigenvalue weighted by atomic mass is 10.1. The van der Waals surface area contributed by atoms with E-state index in [9.17, 15) is 0 Å². The van der Waals surface area contributed by atoms with Crippen molar-refractivity contribution in [3.05, 3.63) is 41.8 Å². The Labute approximate surface area is 124 Å². The molecule has 0 saturated carbocycles. The van der Waals surface area contributed by atoms with E-state index in [0.29, 0.717) is 24.4 Å². The topological polar surface area (TPSA) is 89.0 Å². The van der Waals surface area contributed by atoms with Gasteiger partial charge < -0.3 is 20.8 Å². The second-order valence-corrected chi connectivity index (χ2v) is 5.41. The second kappa shape index (κ2) is 6.69. The highest BCUT2D eigenvalue weighted by atomic mass is 16.4. The molecule has 0 bridgehead atoms. The average Bonchev–Trinajstić information content (AvgIpc) is 2.98. The summed E-state index contributed by atoms with van der Waals surface area (Å²) in [6.45, 7) is 2.04. The lowest BCUT2D eigenvalue weighted by Crippen LogP contribution is -2.35. The molecule has 1 aliphatic heterocycles. The standard InChI is InChI=1S/C15H21N5O/c16-13(10-11-4-2-1-3-5-11)14-19-20-15(21-14)18-12-6-8-17-9-7-12/h1-5,12-13,17H,6-10,16H2,(H,18,20)/t13-/m1/s1. The van der Waals surface area contributed by atoms with Crippen LogP contribution in [0.5, 0.6) is 0 Å². The second-order valence-electron chi connectivity index (χ2n) is 5.41. The summed E-state index contributed by atoms with van der Waals surface area (Å²) in [5, 5.41) is 14.7. The molecule has 0 radical (unpaired) electrons. The Morgan fingerprint density at radius 3 is 2.76 bits per heavy atom. The van der Waals surface area contributed by atoms with Gasteiger partial charge >= 0.3 is 6.01 Å². The van der Waals surface area contributed by atoms with Crippen molar-refractivity contribution in [1.82, 2.24) is 15.5 Å². The molecule has 3 rings (SSSR count). The summed E-state index contributed by atoms with van der Waals surface area (Å²) in [4.78, 5) is 0. The number of nitrogens with zero attached hydrogens (tertiary/aromatic N) is 2. The van der Waals surface area contributed by atoms with Gasteiger partial charge in [0.15, 0.2) is 0 Å². The number of nitrogens with one attached hydrogen (secondary N) is 2. The third kappa shape index (κ3) is 3.80. The summed E-state index contributed by atoms with van der Waals surface area (Å²) in [7, 11) is 0. The molecule has 1 fully saturated rings. The van der Waals surface area contributed by atoms with Crippen molar-refractivity contribution >= 4 is 6.01 Å². The molecule has 2 heterocycles. The van der Waals surface area contributed by atoms with Crippen LogP contribution < -0.4 is 16.4 Å². The van der Waals surface area contributed by atoms with Crippen molar-refractivity contribution < 1.29 is 4.42 Å². The van der Waals surface area contributed by atoms with Crippen LogP contribution in [0, 0.1) is 0 Å². The van der Waals surface area contributed by atoms with Gasteiger partial charge in [0.1, 0.15) is 0 Å². The molecule has 1 aromatic carbocycles. The summed E-state index contributed by atoms with van der Waals surface area (Å²) in [6.07, 6.45) is 2.82. The van der Waals surface area contributed by atoms with Gasteiger partial charge in [-0.25, -0.2) is 0 Å². The van der Waals surface area contributed by atoms with Crippen molar-refractivity contribution in [2.24, 2.45) is 5.73 Å². The van der Waals surface area contributed by atoms with Crippen LogP contribution in [0.4, 0.5) is 6.01 Å². The van der Waals surface area contributed by atoms with Crippen molar-refractivity contribution in [2.75, 3.05) is 18.4 Å². The lowest BCUT2D eigenvalue weighted by molar-refractivity contribution is 0.434. The number of rotatable bonds is 5. The molecule has 0 amide bonds. The Hall–Kier alpha value is -1.92. The van der Waals surface area contributed by atoms with Crippen LogP contribution in [0.1, 0.15) is 30.3 Å². The maximum absolute atomic E-state index is 6.14. The molecule has 1 atom stereocenters. The van der Waals surface area contributed by atoms with Gasteiger partial charge in [-0.15, -0.1) is 5.10 Å². The maximum Gasteiger partial charge on any atom is 0.315 e. The number of hydrogen-bond acceptors (Lipinski definition) is 6. The van der Waals surface area contributed by atoms with Crippen LogP contribution in [-0.4, -0.2) is 29.3 Å². The van der Waals surface area contributed by atoms with Crippen LogP contribution >= 0.6 is 0 Å². The molecule has 0 aliphatic carbocycles. The summed E-state index contributed by atoms with van der Waals surface area (Å²) in [6, 6.07) is 10.7. The molecule has 0 spiro atoms. The van der Waals surface area contributed by atoms with Crippen molar-refractivity contribution in [1.29, 1.82) is 0 Å². The largest absolute Gasteiger partial charge is 0.406 e. The van der Waals surface area contributed by atoms with Gasteiger partial charge in [-0.3, -0.25) is 0 Å². The highest BCUT2D eigenvalue weighted by Crippen LogP contribution is 2.18. The van der Waals surface area contributed by atoms with Gasteiger partial charge in [-0.2, -0.15) is 0 Å². The fourth-order valence-electron chi connectivity index (χ4n) is 2.54. The van der Waals surface area contributed by atoms with Crippen LogP contribution in [-0.2, 0) is 6.42 Å². The van der Waals surface area contributed by atoms with E-state index in [-0.39, 0.29) is 6.04 Å². The highest BCUT2D eigenvalue weighted by Gasteiger charge is 2.18. The number of aromatic nitrogens is 2. The molecule has 112 valence electrons. The summed E-state index contributed by atoms with van der Waals surface area (Å²) < 4.78 is 5.64. The van der Waals surface area contributed by atoms with Gasteiger partial charge in [-0.05, 0) is 37.9 Å². The number of benzene rings is 1. The molecule has 2 aromatic rings. The SMILES string of the molecule is N[C@H](Cc1ccccc1)c1nnc(NC2CCNCC2)o1. The fraction of sp³-hybridized carbons (Fsp3) is 0.467. The molecule has 21 heavy (non-hydrogen) atoms. The monoisotopic (exact) mass is 287 g/mol. The smallest absolute Gasteiger partial charge is 0.315 e. The first-order valence-electron chi connectivity index (χ1n) is 7.41. The highest BCUT2D eigenvalue weighted by molar-refractivity contribution is 5.21. The molecular formula is C15H21N5O. The third-order valence-electron chi connectivity index (χ3n) is 3.72. The van der Waals surface area contributed by atoms with Gasteiger partial charge in [0.05, 0.1) is 6.04 Å². The number of hydrogen-bond donors (Lipinski definition) is 3. The van der Waals surface area contributed by atoms with Crippen LogP contribution in [0.3, 0.4) is 0 Å². The fourth-order valence-corrected chi connectivity index (χ4v) is 2.54. The minimum absolute atomic E-state index is 0.275. The summed E-state index contributed by atoms with van der Waals surface area (Å²) in [5.41, 5.74) is 7.30. The minimum Gasteiger partial charge on any atom is -0.406 e. The van der Waals surface area contributed by atoms with Crippen molar-refractivity contribution in [2.45, 2.75) is 31.3 Å². The Morgan fingerprint density at radius 2 is 2.00 bits per heavy atom. The van der Waals surface area contributed by atoms with E-state index in [2.05, 4.69) is 20.8 Å². The van der Waals surface area contributed by atoms with Crippen LogP contribution in [0.2, 0.25) is 0 Å². The number of piperidine rings is 1. The maximum atomic E-state index is 6.14. The van der Waals surface area contributed by atoms with Crippen molar-refractivity contribution in [3.8, 4) is 0 Å². The molecule has 1 aromatic heterocycles. The molecule has 1 saturated heterocycles. The zero-order valence-corrected chi connectivity index (χ0v) is 12.0. The van der Waals surface area contributed by atoms with E-state index >= 15 is 0 Å². The van der Waals surface area contributed by atoms with Crippen LogP contribution in [0.15, 0.2) is 34.7 Å². The Morgan fingerprint density at radius 1 is 1.24 bits per heavy atom. The Kier molecular flexibility index (Phi) is 4.47. The number of nitrogens with two attached hydrogens (primary N) is 1. The zero-order chi connectivity index (χ0) is 14.5. The van der Waals surface area contributed by atoms with Gasteiger partial charge in [0.25, 0.3) is 0 Å². The third-order valence-corrected chi connectivity index (χ3v) is 3.72. The van der Waals surface area contributed by atoms with E-state index in [4.69, 9.17) is 10.2 Å². The Balaban J connectivity index is 1.58. The van der Waals surface area contributed by atoms with E-state index in [0.717, 1.165) is 31.5 Å². The molecule has 0 unspecified atom stereocenters.